The van der Waals surface area contributed by atoms with Gasteiger partial charge in [0.2, 0.25) is 5.91 Å². The van der Waals surface area contributed by atoms with Gasteiger partial charge in [-0.2, -0.15) is 0 Å². The van der Waals surface area contributed by atoms with Gasteiger partial charge in [0.1, 0.15) is 36.6 Å². The number of carbonyl (C=O) groups excluding carboxylic acids is 1. The van der Waals surface area contributed by atoms with Crippen LogP contribution in [0.1, 0.15) is 200 Å². The summed E-state index contributed by atoms with van der Waals surface area (Å²) in [5.74, 6) is -0.339. The minimum absolute atomic E-state index is 0.218. The number of hydrogen-bond acceptors (Lipinski definition) is 10. The van der Waals surface area contributed by atoms with Crippen LogP contribution < -0.4 is 5.32 Å². The molecule has 0 aromatic rings. The minimum atomic E-state index is -5.07. The monoisotopic (exact) mass is 822 g/mol. The third kappa shape index (κ3) is 25.5. The Bertz CT molecular complexity index is 1000. The van der Waals surface area contributed by atoms with Crippen molar-refractivity contribution in [3.8, 4) is 0 Å². The molecule has 0 radical (unpaired) electrons. The molecule has 0 spiro atoms. The fraction of sp³-hybridized carbons (Fsp3) is 0.930. The van der Waals surface area contributed by atoms with Gasteiger partial charge in [0.05, 0.1) is 18.8 Å². The van der Waals surface area contributed by atoms with Gasteiger partial charge < -0.3 is 40.8 Å². The number of carbonyl (C=O) groups is 1. The molecule has 0 saturated heterocycles. The number of aliphatic hydroxyl groups excluding tert-OH is 6. The van der Waals surface area contributed by atoms with Crippen LogP contribution >= 0.6 is 7.82 Å². The Kier molecular flexibility index (Phi) is 32.1. The summed E-state index contributed by atoms with van der Waals surface area (Å²) in [6, 6.07) is -1.11. The second kappa shape index (κ2) is 33.9. The van der Waals surface area contributed by atoms with E-state index in [0.29, 0.717) is 6.42 Å². The number of amides is 1. The van der Waals surface area contributed by atoms with E-state index in [9.17, 15) is 44.9 Å². The van der Waals surface area contributed by atoms with Crippen LogP contribution in [0.2, 0.25) is 0 Å². The Morgan fingerprint density at radius 1 is 0.589 bits per heavy atom. The Balaban J connectivity index is 2.46. The number of unbranched alkanes of at least 4 members (excludes halogenated alkanes) is 26. The molecule has 0 bridgehead atoms. The van der Waals surface area contributed by atoms with Crippen molar-refractivity contribution in [1.82, 2.24) is 5.32 Å². The van der Waals surface area contributed by atoms with Gasteiger partial charge in [-0.15, -0.1) is 0 Å². The number of rotatable bonds is 37. The maximum atomic E-state index is 12.9. The molecule has 1 saturated carbocycles. The summed E-state index contributed by atoms with van der Waals surface area (Å²) in [5, 5.41) is 63.8. The Morgan fingerprint density at radius 3 is 1.36 bits per heavy atom. The molecular weight excluding hydrogens is 737 g/mol. The molecule has 1 rings (SSSR count). The maximum Gasteiger partial charge on any atom is 0.472 e. The SMILES string of the molecule is CCCCCCCCCCC/C=C/[C@@H](O)[C@H](COP(=O)(O)OC1C(O)C(O)C(O)[C@@H](O)C1O)NC(=O)CCCCCCCCCCCCCCCCCCCC. The summed E-state index contributed by atoms with van der Waals surface area (Å²) < 4.78 is 22.9. The zero-order chi connectivity index (χ0) is 41.4. The zero-order valence-electron chi connectivity index (χ0n) is 35.2. The van der Waals surface area contributed by atoms with E-state index in [2.05, 4.69) is 19.2 Å². The first-order valence-corrected chi connectivity index (χ1v) is 24.1. The number of allylic oxidation sites excluding steroid dienone is 1. The third-order valence-corrected chi connectivity index (χ3v) is 12.1. The highest BCUT2D eigenvalue weighted by Gasteiger charge is 2.51. The van der Waals surface area contributed by atoms with Gasteiger partial charge in [-0.25, -0.2) is 4.57 Å². The molecule has 0 aromatic heterocycles. The number of aliphatic hydroxyl groups is 6. The van der Waals surface area contributed by atoms with Crippen molar-refractivity contribution in [2.75, 3.05) is 6.61 Å². The summed E-state index contributed by atoms with van der Waals surface area (Å²) >= 11 is 0. The highest BCUT2D eigenvalue weighted by Crippen LogP contribution is 2.47. The van der Waals surface area contributed by atoms with Crippen LogP contribution in [0.25, 0.3) is 0 Å². The lowest BCUT2D eigenvalue weighted by Gasteiger charge is -2.41. The second-order valence-electron chi connectivity index (χ2n) is 16.3. The average molecular weight is 822 g/mol. The van der Waals surface area contributed by atoms with Crippen molar-refractivity contribution >= 4 is 13.7 Å². The van der Waals surface area contributed by atoms with Gasteiger partial charge in [-0.3, -0.25) is 13.8 Å². The van der Waals surface area contributed by atoms with E-state index in [0.717, 1.165) is 44.9 Å². The van der Waals surface area contributed by atoms with Crippen molar-refractivity contribution in [2.24, 2.45) is 0 Å². The Morgan fingerprint density at radius 2 is 0.946 bits per heavy atom. The molecule has 1 aliphatic rings. The van der Waals surface area contributed by atoms with Crippen LogP contribution in [0.5, 0.6) is 0 Å². The Labute approximate surface area is 339 Å². The van der Waals surface area contributed by atoms with Crippen LogP contribution in [0, 0.1) is 0 Å². The van der Waals surface area contributed by atoms with E-state index < -0.39 is 63.2 Å². The van der Waals surface area contributed by atoms with E-state index in [4.69, 9.17) is 9.05 Å². The van der Waals surface area contributed by atoms with E-state index in [1.54, 1.807) is 0 Å². The van der Waals surface area contributed by atoms with Crippen molar-refractivity contribution in [3.63, 3.8) is 0 Å². The summed E-state index contributed by atoms with van der Waals surface area (Å²) in [4.78, 5) is 23.3. The van der Waals surface area contributed by atoms with Crippen molar-refractivity contribution in [2.45, 2.75) is 249 Å². The van der Waals surface area contributed by atoms with E-state index >= 15 is 0 Å². The Hall–Kier alpha value is -0.920. The lowest BCUT2D eigenvalue weighted by Crippen LogP contribution is -2.64. The van der Waals surface area contributed by atoms with Gasteiger partial charge in [0, 0.05) is 6.42 Å². The lowest BCUT2D eigenvalue weighted by atomic mass is 9.85. The van der Waals surface area contributed by atoms with Crippen LogP contribution in [0.15, 0.2) is 12.2 Å². The smallest absolute Gasteiger partial charge is 0.387 e. The van der Waals surface area contributed by atoms with Crippen LogP contribution in [0.4, 0.5) is 0 Å². The highest BCUT2D eigenvalue weighted by molar-refractivity contribution is 7.47. The largest absolute Gasteiger partial charge is 0.472 e. The quantitative estimate of drug-likeness (QED) is 0.0171. The fourth-order valence-corrected chi connectivity index (χ4v) is 8.28. The number of hydrogen-bond donors (Lipinski definition) is 8. The van der Waals surface area contributed by atoms with Crippen molar-refractivity contribution in [3.05, 3.63) is 12.2 Å². The second-order valence-corrected chi connectivity index (χ2v) is 17.7. The third-order valence-electron chi connectivity index (χ3n) is 11.1. The highest BCUT2D eigenvalue weighted by atomic mass is 31.2. The molecule has 0 aromatic carbocycles. The maximum absolute atomic E-state index is 12.9. The standard InChI is InChI=1S/C43H84NO11P/c1-3-5-7-9-11-13-15-16-17-18-19-20-21-23-25-27-29-31-33-37(46)44-35(36(45)32-30-28-26-24-22-14-12-10-8-6-4-2)34-54-56(52,53)55-43-41(50)39(48)38(47)40(49)42(43)51/h30,32,35-36,38-43,45,47-51H,3-29,31,33-34H2,1-2H3,(H,44,46)(H,52,53)/b32-30+/t35-,36+,38?,39+,40?,41?,42?,43?/m0/s1. The van der Waals surface area contributed by atoms with E-state index in [-0.39, 0.29) is 12.3 Å². The zero-order valence-corrected chi connectivity index (χ0v) is 36.1. The van der Waals surface area contributed by atoms with Crippen LogP contribution in [0.3, 0.4) is 0 Å². The number of phosphoric acid groups is 1. The van der Waals surface area contributed by atoms with Crippen molar-refractivity contribution < 1.29 is 53.9 Å². The molecule has 1 aliphatic carbocycles. The molecule has 56 heavy (non-hydrogen) atoms. The average Bonchev–Trinajstić information content (AvgIpc) is 3.18. The first kappa shape index (κ1) is 53.1. The summed E-state index contributed by atoms with van der Waals surface area (Å²) in [5.41, 5.74) is 0. The molecule has 9 atom stereocenters. The topological polar surface area (TPSA) is 206 Å². The van der Waals surface area contributed by atoms with Gasteiger partial charge >= 0.3 is 7.82 Å². The number of nitrogens with one attached hydrogen (secondary N) is 1. The number of phosphoric ester groups is 1. The molecule has 0 heterocycles. The van der Waals surface area contributed by atoms with Gasteiger partial charge in [-0.05, 0) is 19.3 Å². The molecule has 13 heteroatoms. The molecule has 1 fully saturated rings. The molecule has 1 amide bonds. The predicted molar refractivity (Wildman–Crippen MR) is 223 cm³/mol. The molecule has 8 N–H and O–H groups in total. The molecule has 12 nitrogen and oxygen atoms in total. The lowest BCUT2D eigenvalue weighted by molar-refractivity contribution is -0.220. The van der Waals surface area contributed by atoms with Crippen molar-refractivity contribution in [1.29, 1.82) is 0 Å². The van der Waals surface area contributed by atoms with Gasteiger partial charge in [-0.1, -0.05) is 187 Å². The van der Waals surface area contributed by atoms with Crippen LogP contribution in [-0.4, -0.2) is 96.8 Å². The first-order valence-electron chi connectivity index (χ1n) is 22.6. The summed E-state index contributed by atoms with van der Waals surface area (Å²) in [6.07, 6.45) is 24.3. The van der Waals surface area contributed by atoms with Crippen LogP contribution in [-0.2, 0) is 18.4 Å². The van der Waals surface area contributed by atoms with Gasteiger partial charge in [0.15, 0.2) is 0 Å². The first-order chi connectivity index (χ1) is 26.9. The molecule has 6 unspecified atom stereocenters. The molecule has 332 valence electrons. The summed E-state index contributed by atoms with van der Waals surface area (Å²) in [7, 11) is -5.07. The van der Waals surface area contributed by atoms with Gasteiger partial charge in [0.25, 0.3) is 0 Å². The minimum Gasteiger partial charge on any atom is -0.387 e. The van der Waals surface area contributed by atoms with E-state index in [1.807, 2.05) is 6.08 Å². The van der Waals surface area contributed by atoms with E-state index in [1.165, 1.54) is 134 Å². The normalized spacial score (nSPS) is 23.7. The summed E-state index contributed by atoms with van der Waals surface area (Å²) in [6.45, 7) is 3.82. The predicted octanol–water partition coefficient (Wildman–Crippen LogP) is 8.06. The molecule has 0 aliphatic heterocycles. The molecular formula is C43H84NO11P. The fourth-order valence-electron chi connectivity index (χ4n) is 7.31.